The lowest BCUT2D eigenvalue weighted by molar-refractivity contribution is -0.136. The van der Waals surface area contributed by atoms with Crippen molar-refractivity contribution in [3.05, 3.63) is 46.1 Å². The van der Waals surface area contributed by atoms with Crippen LogP contribution >= 0.6 is 11.6 Å². The van der Waals surface area contributed by atoms with Gasteiger partial charge in [0.15, 0.2) is 0 Å². The zero-order chi connectivity index (χ0) is 14.0. The van der Waals surface area contributed by atoms with Crippen LogP contribution in [-0.4, -0.2) is 19.1 Å². The van der Waals surface area contributed by atoms with Crippen LogP contribution in [-0.2, 0) is 9.53 Å². The number of nitrogens with one attached hydrogen (secondary N) is 2. The van der Waals surface area contributed by atoms with E-state index in [1.54, 1.807) is 31.2 Å². The summed E-state index contributed by atoms with van der Waals surface area (Å²) in [5.74, 6) is -0.482. The molecule has 1 unspecified atom stereocenters. The highest BCUT2D eigenvalue weighted by Crippen LogP contribution is 2.28. The first-order chi connectivity index (χ1) is 9.02. The summed E-state index contributed by atoms with van der Waals surface area (Å²) in [5, 5.41) is 5.84. The Morgan fingerprint density at radius 3 is 2.53 bits per heavy atom. The molecule has 1 aliphatic heterocycles. The minimum atomic E-state index is -0.543. The van der Waals surface area contributed by atoms with Gasteiger partial charge in [-0.05, 0) is 24.6 Å². The van der Waals surface area contributed by atoms with Crippen molar-refractivity contribution in [2.75, 3.05) is 7.11 Å². The van der Waals surface area contributed by atoms with Gasteiger partial charge in [-0.2, -0.15) is 0 Å². The van der Waals surface area contributed by atoms with Gasteiger partial charge in [-0.1, -0.05) is 23.7 Å². The highest BCUT2D eigenvalue weighted by Gasteiger charge is 2.31. The second-order valence-corrected chi connectivity index (χ2v) is 4.55. The first-order valence-electron chi connectivity index (χ1n) is 5.65. The lowest BCUT2D eigenvalue weighted by atomic mass is 9.96. The maximum atomic E-state index is 11.8. The van der Waals surface area contributed by atoms with E-state index >= 15 is 0 Å². The fraction of sp³-hybridized carbons (Fsp3) is 0.231. The number of allylic oxidation sites excluding steroid dienone is 1. The molecule has 0 saturated heterocycles. The number of hydrogen-bond acceptors (Lipinski definition) is 3. The molecule has 2 N–H and O–H groups in total. The number of esters is 1. The molecule has 1 atom stereocenters. The molecule has 0 radical (unpaired) electrons. The molecule has 0 spiro atoms. The number of methoxy groups -OCH3 is 1. The van der Waals surface area contributed by atoms with E-state index in [-0.39, 0.29) is 6.03 Å². The predicted molar refractivity (Wildman–Crippen MR) is 70.6 cm³/mol. The molecule has 1 heterocycles. The second-order valence-electron chi connectivity index (χ2n) is 4.11. The van der Waals surface area contributed by atoms with E-state index < -0.39 is 12.0 Å². The van der Waals surface area contributed by atoms with Crippen LogP contribution in [0, 0.1) is 0 Å². The quantitative estimate of drug-likeness (QED) is 0.816. The van der Waals surface area contributed by atoms with Crippen LogP contribution in [0.1, 0.15) is 18.5 Å². The maximum absolute atomic E-state index is 11.8. The summed E-state index contributed by atoms with van der Waals surface area (Å²) < 4.78 is 4.76. The number of urea groups is 1. The Balaban J connectivity index is 2.46. The average Bonchev–Trinajstić information content (AvgIpc) is 2.38. The molecule has 19 heavy (non-hydrogen) atoms. The van der Waals surface area contributed by atoms with Crippen LogP contribution in [0.15, 0.2) is 35.5 Å². The van der Waals surface area contributed by atoms with Crippen molar-refractivity contribution in [2.24, 2.45) is 0 Å². The molecule has 0 saturated carbocycles. The van der Waals surface area contributed by atoms with Crippen molar-refractivity contribution >= 4 is 23.6 Å². The van der Waals surface area contributed by atoms with Crippen molar-refractivity contribution in [3.63, 3.8) is 0 Å². The van der Waals surface area contributed by atoms with Crippen molar-refractivity contribution in [2.45, 2.75) is 13.0 Å². The van der Waals surface area contributed by atoms with Gasteiger partial charge in [-0.15, -0.1) is 0 Å². The lowest BCUT2D eigenvalue weighted by Gasteiger charge is -2.27. The SMILES string of the molecule is COC(=O)C1=C(C)NC(=O)NC1c1ccc(Cl)cc1. The van der Waals surface area contributed by atoms with E-state index in [4.69, 9.17) is 16.3 Å². The van der Waals surface area contributed by atoms with E-state index in [0.717, 1.165) is 5.56 Å². The number of hydrogen-bond donors (Lipinski definition) is 2. The first-order valence-corrected chi connectivity index (χ1v) is 6.02. The Morgan fingerprint density at radius 2 is 1.95 bits per heavy atom. The normalized spacial score (nSPS) is 18.7. The molecule has 100 valence electrons. The van der Waals surface area contributed by atoms with E-state index in [1.807, 2.05) is 0 Å². The highest BCUT2D eigenvalue weighted by atomic mass is 35.5. The van der Waals surface area contributed by atoms with Crippen LogP contribution in [0.4, 0.5) is 4.79 Å². The summed E-state index contributed by atoms with van der Waals surface area (Å²) in [4.78, 5) is 23.4. The van der Waals surface area contributed by atoms with E-state index in [1.165, 1.54) is 7.11 Å². The minimum Gasteiger partial charge on any atom is -0.466 e. The van der Waals surface area contributed by atoms with E-state index in [2.05, 4.69) is 10.6 Å². The second kappa shape index (κ2) is 5.32. The Kier molecular flexibility index (Phi) is 3.76. The van der Waals surface area contributed by atoms with Gasteiger partial charge in [-0.25, -0.2) is 9.59 Å². The zero-order valence-corrected chi connectivity index (χ0v) is 11.2. The first kappa shape index (κ1) is 13.4. The maximum Gasteiger partial charge on any atom is 0.337 e. The number of ether oxygens (including phenoxy) is 1. The van der Waals surface area contributed by atoms with Crippen molar-refractivity contribution < 1.29 is 14.3 Å². The standard InChI is InChI=1S/C13H13ClN2O3/c1-7-10(12(17)19-2)11(16-13(18)15-7)8-3-5-9(14)6-4-8/h3-6,11H,1-2H3,(H2,15,16,18). The van der Waals surface area contributed by atoms with Gasteiger partial charge in [0, 0.05) is 10.7 Å². The summed E-state index contributed by atoms with van der Waals surface area (Å²) in [6.07, 6.45) is 0. The van der Waals surface area contributed by atoms with Crippen LogP contribution in [0.2, 0.25) is 5.02 Å². The number of amides is 2. The molecule has 0 fully saturated rings. The van der Waals surface area contributed by atoms with Gasteiger partial charge in [-0.3, -0.25) is 0 Å². The highest BCUT2D eigenvalue weighted by molar-refractivity contribution is 6.30. The van der Waals surface area contributed by atoms with Gasteiger partial charge in [0.1, 0.15) is 0 Å². The molecule has 6 heteroatoms. The summed E-state index contributed by atoms with van der Waals surface area (Å²) in [6.45, 7) is 1.66. The third kappa shape index (κ3) is 2.71. The number of carbonyl (C=O) groups excluding carboxylic acids is 2. The third-order valence-corrected chi connectivity index (χ3v) is 3.13. The smallest absolute Gasteiger partial charge is 0.337 e. The number of halogens is 1. The Labute approximate surface area is 115 Å². The molecule has 1 aromatic rings. The fourth-order valence-corrected chi connectivity index (χ4v) is 2.11. The van der Waals surface area contributed by atoms with Gasteiger partial charge < -0.3 is 15.4 Å². The summed E-state index contributed by atoms with van der Waals surface area (Å²) >= 11 is 5.83. The van der Waals surface area contributed by atoms with Crippen LogP contribution in [0.3, 0.4) is 0 Å². The van der Waals surface area contributed by atoms with Crippen molar-refractivity contribution in [1.82, 2.24) is 10.6 Å². The molecule has 0 aliphatic carbocycles. The summed E-state index contributed by atoms with van der Waals surface area (Å²) in [5.41, 5.74) is 1.62. The monoisotopic (exact) mass is 280 g/mol. The molecule has 2 rings (SSSR count). The molecule has 0 aromatic heterocycles. The van der Waals surface area contributed by atoms with Gasteiger partial charge >= 0.3 is 12.0 Å². The van der Waals surface area contributed by atoms with E-state index in [9.17, 15) is 9.59 Å². The minimum absolute atomic E-state index is 0.356. The molecule has 0 bridgehead atoms. The third-order valence-electron chi connectivity index (χ3n) is 2.88. The summed E-state index contributed by atoms with van der Waals surface area (Å²) in [6, 6.07) is 6.03. The lowest BCUT2D eigenvalue weighted by Crippen LogP contribution is -2.45. The van der Waals surface area contributed by atoms with Crippen molar-refractivity contribution in [3.8, 4) is 0 Å². The molecule has 1 aromatic carbocycles. The topological polar surface area (TPSA) is 67.4 Å². The van der Waals surface area contributed by atoms with E-state index in [0.29, 0.717) is 16.3 Å². The van der Waals surface area contributed by atoms with Crippen molar-refractivity contribution in [1.29, 1.82) is 0 Å². The molecule has 2 amide bonds. The average molecular weight is 281 g/mol. The zero-order valence-electron chi connectivity index (χ0n) is 10.5. The molecular weight excluding hydrogens is 268 g/mol. The van der Waals surface area contributed by atoms with Gasteiger partial charge in [0.25, 0.3) is 0 Å². The largest absolute Gasteiger partial charge is 0.466 e. The number of benzene rings is 1. The van der Waals surface area contributed by atoms with Crippen LogP contribution in [0.25, 0.3) is 0 Å². The Bertz CT molecular complexity index is 552. The van der Waals surface area contributed by atoms with Gasteiger partial charge in [0.05, 0.1) is 18.7 Å². The molecule has 1 aliphatic rings. The Morgan fingerprint density at radius 1 is 1.32 bits per heavy atom. The Hall–Kier alpha value is -2.01. The van der Waals surface area contributed by atoms with Gasteiger partial charge in [0.2, 0.25) is 0 Å². The number of carbonyl (C=O) groups is 2. The predicted octanol–water partition coefficient (Wildman–Crippen LogP) is 2.14. The fourth-order valence-electron chi connectivity index (χ4n) is 1.98. The number of rotatable bonds is 2. The summed E-state index contributed by atoms with van der Waals surface area (Å²) in [7, 11) is 1.30. The van der Waals surface area contributed by atoms with Crippen LogP contribution in [0.5, 0.6) is 0 Å². The molecule has 5 nitrogen and oxygen atoms in total. The van der Waals surface area contributed by atoms with Crippen LogP contribution < -0.4 is 10.6 Å². The molecular formula is C13H13ClN2O3.